The average molecular weight is 348 g/mol. The Morgan fingerprint density at radius 2 is 2.38 bits per heavy atom. The van der Waals surface area contributed by atoms with Crippen LogP contribution in [0.1, 0.15) is 40.7 Å². The molecular weight excluding hydrogens is 328 g/mol. The molecule has 2 aromatic rings. The molecule has 128 valence electrons. The van der Waals surface area contributed by atoms with E-state index in [9.17, 15) is 4.79 Å². The maximum atomic E-state index is 12.7. The van der Waals surface area contributed by atoms with Crippen molar-refractivity contribution in [1.29, 1.82) is 0 Å². The van der Waals surface area contributed by atoms with Crippen molar-refractivity contribution < 1.29 is 14.3 Å². The van der Waals surface area contributed by atoms with Crippen molar-refractivity contribution in [2.45, 2.75) is 32.0 Å². The number of nitrogens with one attached hydrogen (secondary N) is 1. The quantitative estimate of drug-likeness (QED) is 0.914. The van der Waals surface area contributed by atoms with Gasteiger partial charge in [0, 0.05) is 17.8 Å². The molecule has 1 saturated heterocycles. The second kappa shape index (κ2) is 6.62. The third-order valence-corrected chi connectivity index (χ3v) is 5.45. The number of hydrogen-bond acceptors (Lipinski definition) is 6. The number of nitrogens with zero attached hydrogens (tertiary/aromatic N) is 3. The minimum atomic E-state index is -0.267. The van der Waals surface area contributed by atoms with E-state index < -0.39 is 0 Å². The van der Waals surface area contributed by atoms with Gasteiger partial charge in [-0.2, -0.15) is 5.10 Å². The molecule has 0 aromatic carbocycles. The van der Waals surface area contributed by atoms with Crippen LogP contribution in [0, 0.1) is 6.92 Å². The van der Waals surface area contributed by atoms with Gasteiger partial charge in [0.25, 0.3) is 0 Å². The Kier molecular flexibility index (Phi) is 4.34. The molecule has 4 heterocycles. The summed E-state index contributed by atoms with van der Waals surface area (Å²) in [6.45, 7) is 4.12. The van der Waals surface area contributed by atoms with E-state index in [2.05, 4.69) is 26.6 Å². The van der Waals surface area contributed by atoms with Gasteiger partial charge >= 0.3 is 0 Å². The van der Waals surface area contributed by atoms with Crippen LogP contribution in [0.5, 0.6) is 0 Å². The molecule has 0 radical (unpaired) electrons. The molecule has 1 fully saturated rings. The monoisotopic (exact) mass is 348 g/mol. The van der Waals surface area contributed by atoms with E-state index in [0.717, 1.165) is 12.2 Å². The summed E-state index contributed by atoms with van der Waals surface area (Å²) in [6.07, 6.45) is 0.932. The fourth-order valence-corrected chi connectivity index (χ4v) is 4.13. The van der Waals surface area contributed by atoms with E-state index in [-0.39, 0.29) is 18.1 Å². The summed E-state index contributed by atoms with van der Waals surface area (Å²) >= 11 is 1.75. The van der Waals surface area contributed by atoms with Gasteiger partial charge in [0.15, 0.2) is 5.82 Å². The van der Waals surface area contributed by atoms with E-state index >= 15 is 0 Å². The summed E-state index contributed by atoms with van der Waals surface area (Å²) in [5.74, 6) is 1.45. The molecule has 8 heteroatoms. The Labute approximate surface area is 144 Å². The first-order valence-corrected chi connectivity index (χ1v) is 9.05. The van der Waals surface area contributed by atoms with Gasteiger partial charge in [0.05, 0.1) is 32.3 Å². The van der Waals surface area contributed by atoms with Crippen molar-refractivity contribution in [2.75, 3.05) is 26.3 Å². The molecule has 0 aliphatic carbocycles. The van der Waals surface area contributed by atoms with Crippen LogP contribution in [0.15, 0.2) is 11.4 Å². The van der Waals surface area contributed by atoms with Gasteiger partial charge in [0.1, 0.15) is 11.9 Å². The molecule has 2 aliphatic rings. The lowest BCUT2D eigenvalue weighted by molar-refractivity contribution is -0.142. The third kappa shape index (κ3) is 3.09. The van der Waals surface area contributed by atoms with Crippen molar-refractivity contribution in [3.05, 3.63) is 33.5 Å². The first-order chi connectivity index (χ1) is 11.7. The van der Waals surface area contributed by atoms with Crippen LogP contribution in [-0.4, -0.2) is 52.3 Å². The van der Waals surface area contributed by atoms with Crippen molar-refractivity contribution in [3.8, 4) is 0 Å². The number of aryl methyl sites for hydroxylation is 1. The minimum absolute atomic E-state index is 0.0969. The first kappa shape index (κ1) is 15.7. The summed E-state index contributed by atoms with van der Waals surface area (Å²) in [4.78, 5) is 20.2. The third-order valence-electron chi connectivity index (χ3n) is 4.46. The van der Waals surface area contributed by atoms with Crippen molar-refractivity contribution in [1.82, 2.24) is 20.1 Å². The summed E-state index contributed by atoms with van der Waals surface area (Å²) in [6, 6.07) is 2.08. The van der Waals surface area contributed by atoms with Gasteiger partial charge in [0.2, 0.25) is 5.91 Å². The molecule has 2 aliphatic heterocycles. The Bertz CT molecular complexity index is 728. The summed E-state index contributed by atoms with van der Waals surface area (Å²) in [5, 5.41) is 9.05. The molecule has 2 atom stereocenters. The molecular formula is C16H20N4O3S. The fraction of sp³-hybridized carbons (Fsp3) is 0.562. The Balaban J connectivity index is 1.42. The second-order valence-electron chi connectivity index (χ2n) is 6.09. The van der Waals surface area contributed by atoms with Gasteiger partial charge < -0.3 is 14.4 Å². The smallest absolute Gasteiger partial charge is 0.225 e. The normalized spacial score (nSPS) is 24.0. The highest BCUT2D eigenvalue weighted by molar-refractivity contribution is 7.10. The number of rotatable bonds is 3. The van der Waals surface area contributed by atoms with E-state index in [0.29, 0.717) is 38.5 Å². The lowest BCUT2D eigenvalue weighted by atomic mass is 10.0. The van der Waals surface area contributed by atoms with Crippen LogP contribution in [0.25, 0.3) is 0 Å². The number of morpholine rings is 1. The number of H-pyrrole nitrogens is 1. The molecule has 1 amide bonds. The highest BCUT2D eigenvalue weighted by Gasteiger charge is 2.31. The molecule has 4 rings (SSSR count). The highest BCUT2D eigenvalue weighted by Crippen LogP contribution is 2.33. The number of aromatic nitrogens is 3. The minimum Gasteiger partial charge on any atom is -0.373 e. The summed E-state index contributed by atoms with van der Waals surface area (Å²) in [5.41, 5.74) is 1.18. The molecule has 0 bridgehead atoms. The van der Waals surface area contributed by atoms with Crippen LogP contribution < -0.4 is 0 Å². The van der Waals surface area contributed by atoms with Crippen LogP contribution in [0.2, 0.25) is 0 Å². The zero-order chi connectivity index (χ0) is 16.5. The van der Waals surface area contributed by atoms with E-state index in [1.807, 2.05) is 11.8 Å². The van der Waals surface area contributed by atoms with E-state index in [4.69, 9.17) is 9.47 Å². The van der Waals surface area contributed by atoms with Gasteiger partial charge in [-0.25, -0.2) is 4.98 Å². The SMILES string of the molecule is Cc1nc(C2CN(C(=O)CC3OCCc4sccc43)CCO2)n[nH]1. The second-order valence-corrected chi connectivity index (χ2v) is 7.09. The van der Waals surface area contributed by atoms with E-state index in [1.165, 1.54) is 10.4 Å². The number of fused-ring (bicyclic) bond motifs is 1. The molecule has 2 unspecified atom stereocenters. The summed E-state index contributed by atoms with van der Waals surface area (Å²) < 4.78 is 11.6. The van der Waals surface area contributed by atoms with Crippen molar-refractivity contribution in [2.24, 2.45) is 0 Å². The first-order valence-electron chi connectivity index (χ1n) is 8.17. The number of carbonyl (C=O) groups excluding carboxylic acids is 1. The van der Waals surface area contributed by atoms with Crippen LogP contribution in [0.3, 0.4) is 0 Å². The molecule has 7 nitrogen and oxygen atoms in total. The lowest BCUT2D eigenvalue weighted by Gasteiger charge is -2.33. The molecule has 1 N–H and O–H groups in total. The van der Waals surface area contributed by atoms with Crippen LogP contribution in [0.4, 0.5) is 0 Å². The molecule has 24 heavy (non-hydrogen) atoms. The Hall–Kier alpha value is -1.77. The standard InChI is InChI=1S/C16H20N4O3S/c1-10-17-16(19-18-10)13-9-20(4-6-23-13)15(21)8-12-11-3-7-24-14(11)2-5-22-12/h3,7,12-13H,2,4-6,8-9H2,1H3,(H,17,18,19). The lowest BCUT2D eigenvalue weighted by Crippen LogP contribution is -2.43. The average Bonchev–Trinajstić information content (AvgIpc) is 3.24. The Morgan fingerprint density at radius 1 is 1.46 bits per heavy atom. The fourth-order valence-electron chi connectivity index (χ4n) is 3.22. The van der Waals surface area contributed by atoms with Crippen LogP contribution >= 0.6 is 11.3 Å². The maximum absolute atomic E-state index is 12.7. The molecule has 2 aromatic heterocycles. The van der Waals surface area contributed by atoms with Gasteiger partial charge in [-0.15, -0.1) is 11.3 Å². The topological polar surface area (TPSA) is 80.3 Å². The van der Waals surface area contributed by atoms with Gasteiger partial charge in [-0.1, -0.05) is 0 Å². The molecule has 0 saturated carbocycles. The number of carbonyl (C=O) groups is 1. The predicted molar refractivity (Wildman–Crippen MR) is 87.7 cm³/mol. The van der Waals surface area contributed by atoms with Crippen molar-refractivity contribution >= 4 is 17.2 Å². The number of thiophene rings is 1. The maximum Gasteiger partial charge on any atom is 0.225 e. The highest BCUT2D eigenvalue weighted by atomic mass is 32.1. The van der Waals surface area contributed by atoms with E-state index in [1.54, 1.807) is 11.3 Å². The number of aromatic amines is 1. The van der Waals surface area contributed by atoms with Gasteiger partial charge in [-0.3, -0.25) is 9.89 Å². The number of hydrogen-bond donors (Lipinski definition) is 1. The van der Waals surface area contributed by atoms with Crippen LogP contribution in [-0.2, 0) is 20.7 Å². The molecule has 0 spiro atoms. The predicted octanol–water partition coefficient (Wildman–Crippen LogP) is 1.78. The van der Waals surface area contributed by atoms with Crippen molar-refractivity contribution in [3.63, 3.8) is 0 Å². The zero-order valence-electron chi connectivity index (χ0n) is 13.5. The Morgan fingerprint density at radius 3 is 3.21 bits per heavy atom. The van der Waals surface area contributed by atoms with Gasteiger partial charge in [-0.05, 0) is 23.9 Å². The largest absolute Gasteiger partial charge is 0.373 e. The summed E-state index contributed by atoms with van der Waals surface area (Å²) in [7, 11) is 0. The number of amides is 1. The number of ether oxygens (including phenoxy) is 2. The zero-order valence-corrected chi connectivity index (χ0v) is 14.3.